The van der Waals surface area contributed by atoms with Gasteiger partial charge in [0, 0.05) is 32.4 Å². The molecule has 1 N–H and O–H groups in total. The largest absolute Gasteiger partial charge is 0.343 e. The van der Waals surface area contributed by atoms with Gasteiger partial charge in [0.15, 0.2) is 0 Å². The molecule has 0 spiro atoms. The fourth-order valence-corrected chi connectivity index (χ4v) is 3.62. The van der Waals surface area contributed by atoms with Crippen molar-refractivity contribution >= 4 is 17.5 Å². The number of nitrogens with zero attached hydrogens (tertiary/aromatic N) is 3. The molecule has 2 aromatic carbocycles. The predicted octanol–water partition coefficient (Wildman–Crippen LogP) is 3.46. The summed E-state index contributed by atoms with van der Waals surface area (Å²) in [7, 11) is 1.79. The zero-order chi connectivity index (χ0) is 22.8. The molecule has 3 rings (SSSR count). The zero-order valence-electron chi connectivity index (χ0n) is 18.3. The molecule has 1 aliphatic heterocycles. The molecule has 7 heteroatoms. The third-order valence-electron chi connectivity index (χ3n) is 5.62. The molecular weight excluding hydrogens is 395 g/mol. The van der Waals surface area contributed by atoms with E-state index in [0.717, 1.165) is 23.2 Å². The first-order valence-electron chi connectivity index (χ1n) is 10.2. The molecule has 0 unspecified atom stereocenters. The maximum atomic E-state index is 14.2. The van der Waals surface area contributed by atoms with E-state index in [0.29, 0.717) is 25.3 Å². The molecule has 0 atom stereocenters. The lowest BCUT2D eigenvalue weighted by atomic mass is 9.82. The number of rotatable bonds is 5. The summed E-state index contributed by atoms with van der Waals surface area (Å²) in [6.07, 6.45) is 0. The maximum Gasteiger partial charge on any atom is 0.258 e. The van der Waals surface area contributed by atoms with Crippen LogP contribution in [0.2, 0.25) is 0 Å². The standard InChI is InChI=1S/C24H27FN4O2/c1-16-5-8-19(21(25)11-16)23(31)27-18-7-6-17(20(12-18)24(2,3)15-26)13-29-10-9-28(4)22(30)14-29/h5-8,11-12H,9-10,13-14H2,1-4H3,(H,27,31). The van der Waals surface area contributed by atoms with Gasteiger partial charge in [-0.2, -0.15) is 5.26 Å². The number of hydrogen-bond acceptors (Lipinski definition) is 4. The maximum absolute atomic E-state index is 14.2. The summed E-state index contributed by atoms with van der Waals surface area (Å²) in [6.45, 7) is 7.65. The van der Waals surface area contributed by atoms with Gasteiger partial charge in [-0.1, -0.05) is 12.1 Å². The molecule has 31 heavy (non-hydrogen) atoms. The molecule has 0 saturated carbocycles. The Hall–Kier alpha value is -3.24. The number of benzene rings is 2. The van der Waals surface area contributed by atoms with Crippen LogP contribution in [0.5, 0.6) is 0 Å². The van der Waals surface area contributed by atoms with Crippen molar-refractivity contribution in [3.05, 3.63) is 64.5 Å². The third-order valence-corrected chi connectivity index (χ3v) is 5.62. The van der Waals surface area contributed by atoms with Crippen LogP contribution in [0, 0.1) is 24.1 Å². The van der Waals surface area contributed by atoms with Crippen molar-refractivity contribution in [1.82, 2.24) is 9.80 Å². The Labute approximate surface area is 182 Å². The summed E-state index contributed by atoms with van der Waals surface area (Å²) in [4.78, 5) is 28.4. The smallest absolute Gasteiger partial charge is 0.258 e. The molecule has 2 amide bonds. The number of nitrogens with one attached hydrogen (secondary N) is 1. The fourth-order valence-electron chi connectivity index (χ4n) is 3.62. The SMILES string of the molecule is Cc1ccc(C(=O)Nc2ccc(CN3CCN(C)C(=O)C3)c(C(C)(C)C#N)c2)c(F)c1. The average molecular weight is 423 g/mol. The monoisotopic (exact) mass is 422 g/mol. The number of carbonyl (C=O) groups excluding carboxylic acids is 2. The van der Waals surface area contributed by atoms with Gasteiger partial charge in [0.2, 0.25) is 5.91 Å². The molecule has 0 radical (unpaired) electrons. The number of likely N-dealkylation sites (N-methyl/N-ethyl adjacent to an activating group) is 1. The number of piperazine rings is 1. The Morgan fingerprint density at radius 1 is 1.23 bits per heavy atom. The van der Waals surface area contributed by atoms with Crippen LogP contribution < -0.4 is 5.32 Å². The van der Waals surface area contributed by atoms with Gasteiger partial charge in [0.05, 0.1) is 23.6 Å². The Morgan fingerprint density at radius 3 is 2.61 bits per heavy atom. The van der Waals surface area contributed by atoms with Gasteiger partial charge in [-0.25, -0.2) is 4.39 Å². The van der Waals surface area contributed by atoms with Crippen molar-refractivity contribution in [1.29, 1.82) is 5.26 Å². The highest BCUT2D eigenvalue weighted by Crippen LogP contribution is 2.30. The van der Waals surface area contributed by atoms with Crippen molar-refractivity contribution < 1.29 is 14.0 Å². The summed E-state index contributed by atoms with van der Waals surface area (Å²) in [5.74, 6) is -1.06. The molecule has 0 bridgehead atoms. The van der Waals surface area contributed by atoms with E-state index in [2.05, 4.69) is 16.3 Å². The number of amides is 2. The van der Waals surface area contributed by atoms with E-state index in [1.54, 1.807) is 37.1 Å². The van der Waals surface area contributed by atoms with E-state index in [4.69, 9.17) is 0 Å². The number of halogens is 1. The van der Waals surface area contributed by atoms with Gasteiger partial charge in [-0.15, -0.1) is 0 Å². The molecular formula is C24H27FN4O2. The lowest BCUT2D eigenvalue weighted by Crippen LogP contribution is -2.48. The van der Waals surface area contributed by atoms with E-state index in [9.17, 15) is 19.2 Å². The van der Waals surface area contributed by atoms with Gasteiger partial charge in [-0.05, 0) is 61.7 Å². The van der Waals surface area contributed by atoms with Crippen molar-refractivity contribution in [3.8, 4) is 6.07 Å². The van der Waals surface area contributed by atoms with Crippen LogP contribution in [0.1, 0.15) is 40.9 Å². The molecule has 1 heterocycles. The minimum absolute atomic E-state index is 0.0354. The van der Waals surface area contributed by atoms with Crippen LogP contribution in [0.15, 0.2) is 36.4 Å². The normalized spacial score (nSPS) is 15.0. The van der Waals surface area contributed by atoms with Gasteiger partial charge in [0.25, 0.3) is 5.91 Å². The Balaban J connectivity index is 1.86. The second-order valence-electron chi connectivity index (χ2n) is 8.57. The summed E-state index contributed by atoms with van der Waals surface area (Å²) < 4.78 is 14.2. The molecule has 1 aliphatic rings. The molecule has 162 valence electrons. The number of carbonyl (C=O) groups is 2. The van der Waals surface area contributed by atoms with Crippen molar-refractivity contribution in [2.45, 2.75) is 32.7 Å². The van der Waals surface area contributed by atoms with Crippen LogP contribution in [0.3, 0.4) is 0 Å². The van der Waals surface area contributed by atoms with Crippen molar-refractivity contribution in [2.24, 2.45) is 0 Å². The zero-order valence-corrected chi connectivity index (χ0v) is 18.3. The molecule has 1 saturated heterocycles. The van der Waals surface area contributed by atoms with Crippen LogP contribution in [-0.4, -0.2) is 48.3 Å². The topological polar surface area (TPSA) is 76.4 Å². The highest BCUT2D eigenvalue weighted by molar-refractivity contribution is 6.04. The molecule has 0 aromatic heterocycles. The average Bonchev–Trinajstić information content (AvgIpc) is 2.71. The minimum Gasteiger partial charge on any atom is -0.343 e. The predicted molar refractivity (Wildman–Crippen MR) is 117 cm³/mol. The summed E-state index contributed by atoms with van der Waals surface area (Å²) in [6, 6.07) is 12.1. The number of aryl methyl sites for hydroxylation is 1. The second kappa shape index (κ2) is 8.86. The minimum atomic E-state index is -0.804. The Bertz CT molecular complexity index is 1060. The van der Waals surface area contributed by atoms with Crippen LogP contribution in [-0.2, 0) is 16.8 Å². The van der Waals surface area contributed by atoms with Gasteiger partial charge < -0.3 is 10.2 Å². The molecule has 1 fully saturated rings. The first kappa shape index (κ1) is 22.4. The van der Waals surface area contributed by atoms with E-state index >= 15 is 0 Å². The van der Waals surface area contributed by atoms with E-state index in [-0.39, 0.29) is 11.5 Å². The Morgan fingerprint density at radius 2 is 1.97 bits per heavy atom. The van der Waals surface area contributed by atoms with Crippen molar-refractivity contribution in [2.75, 3.05) is 32.0 Å². The number of hydrogen-bond donors (Lipinski definition) is 1. The van der Waals surface area contributed by atoms with Gasteiger partial charge in [-0.3, -0.25) is 14.5 Å². The molecule has 2 aromatic rings. The van der Waals surface area contributed by atoms with Gasteiger partial charge >= 0.3 is 0 Å². The van der Waals surface area contributed by atoms with E-state index in [1.807, 2.05) is 19.9 Å². The molecule has 0 aliphatic carbocycles. The van der Waals surface area contributed by atoms with Gasteiger partial charge in [0.1, 0.15) is 5.82 Å². The molecule has 6 nitrogen and oxygen atoms in total. The van der Waals surface area contributed by atoms with E-state index in [1.165, 1.54) is 12.1 Å². The van der Waals surface area contributed by atoms with Crippen LogP contribution in [0.4, 0.5) is 10.1 Å². The quantitative estimate of drug-likeness (QED) is 0.801. The number of nitriles is 1. The second-order valence-corrected chi connectivity index (χ2v) is 8.57. The lowest BCUT2D eigenvalue weighted by Gasteiger charge is -2.33. The third kappa shape index (κ3) is 5.09. The highest BCUT2D eigenvalue weighted by Gasteiger charge is 2.27. The summed E-state index contributed by atoms with van der Waals surface area (Å²) >= 11 is 0. The summed E-state index contributed by atoms with van der Waals surface area (Å²) in [5.41, 5.74) is 2.07. The van der Waals surface area contributed by atoms with Crippen molar-refractivity contribution in [3.63, 3.8) is 0 Å². The number of anilines is 1. The fraction of sp³-hybridized carbons (Fsp3) is 0.375. The lowest BCUT2D eigenvalue weighted by molar-refractivity contribution is -0.134. The van der Waals surface area contributed by atoms with E-state index < -0.39 is 17.1 Å². The first-order chi connectivity index (χ1) is 14.6. The summed E-state index contributed by atoms with van der Waals surface area (Å²) in [5, 5.41) is 12.4. The Kier molecular flexibility index (Phi) is 6.42. The first-order valence-corrected chi connectivity index (χ1v) is 10.2. The van der Waals surface area contributed by atoms with Crippen LogP contribution >= 0.6 is 0 Å². The highest BCUT2D eigenvalue weighted by atomic mass is 19.1. The van der Waals surface area contributed by atoms with Crippen LogP contribution in [0.25, 0.3) is 0 Å².